The Kier molecular flexibility index (Phi) is 4.87. The van der Waals surface area contributed by atoms with Gasteiger partial charge in [0.1, 0.15) is 0 Å². The number of nitrogens with two attached hydrogens (primary N) is 1. The molecule has 2 fully saturated rings. The second-order valence-corrected chi connectivity index (χ2v) is 6.27. The maximum atomic E-state index is 6.07. The summed E-state index contributed by atoms with van der Waals surface area (Å²) in [4.78, 5) is 2.75. The molecule has 0 radical (unpaired) electrons. The van der Waals surface area contributed by atoms with Crippen molar-refractivity contribution >= 4 is 0 Å². The van der Waals surface area contributed by atoms with Gasteiger partial charge in [0.25, 0.3) is 0 Å². The van der Waals surface area contributed by atoms with Gasteiger partial charge < -0.3 is 10.6 Å². The molecule has 2 rings (SSSR count). The lowest BCUT2D eigenvalue weighted by molar-refractivity contribution is 0.0983. The molecule has 0 amide bonds. The van der Waals surface area contributed by atoms with Crippen molar-refractivity contribution in [3.8, 4) is 0 Å². The van der Waals surface area contributed by atoms with Crippen molar-refractivity contribution in [3.05, 3.63) is 0 Å². The van der Waals surface area contributed by atoms with Crippen LogP contribution in [-0.4, -0.2) is 30.6 Å². The Morgan fingerprint density at radius 3 is 2.24 bits per heavy atom. The molecule has 2 aliphatic carbocycles. The minimum absolute atomic E-state index is 0.466. The van der Waals surface area contributed by atoms with Gasteiger partial charge >= 0.3 is 0 Å². The topological polar surface area (TPSA) is 29.3 Å². The normalized spacial score (nSPS) is 25.6. The summed E-state index contributed by atoms with van der Waals surface area (Å²) in [6, 6.07) is 0.859. The molecule has 0 aromatic rings. The molecular weight excluding hydrogens is 208 g/mol. The highest BCUT2D eigenvalue weighted by molar-refractivity contribution is 4.90. The zero-order valence-electron chi connectivity index (χ0n) is 11.6. The number of rotatable bonds is 5. The molecule has 2 nitrogen and oxygen atoms in total. The van der Waals surface area contributed by atoms with Gasteiger partial charge in [0.2, 0.25) is 0 Å². The van der Waals surface area contributed by atoms with Crippen molar-refractivity contribution < 1.29 is 0 Å². The Balaban J connectivity index is 1.93. The van der Waals surface area contributed by atoms with Crippen molar-refractivity contribution in [2.75, 3.05) is 19.6 Å². The van der Waals surface area contributed by atoms with Crippen LogP contribution < -0.4 is 5.73 Å². The molecule has 2 heteroatoms. The van der Waals surface area contributed by atoms with Gasteiger partial charge in [-0.25, -0.2) is 0 Å². The predicted octanol–water partition coefficient (Wildman–Crippen LogP) is 3.16. The van der Waals surface area contributed by atoms with Crippen molar-refractivity contribution in [2.45, 2.75) is 70.8 Å². The zero-order chi connectivity index (χ0) is 12.1. The van der Waals surface area contributed by atoms with E-state index in [1.54, 1.807) is 0 Å². The largest absolute Gasteiger partial charge is 0.330 e. The minimum atomic E-state index is 0.466. The van der Waals surface area contributed by atoms with E-state index in [0.717, 1.165) is 12.6 Å². The van der Waals surface area contributed by atoms with E-state index < -0.39 is 0 Å². The smallest absolute Gasteiger partial charge is 0.00953 e. The van der Waals surface area contributed by atoms with Crippen LogP contribution in [0.25, 0.3) is 0 Å². The highest BCUT2D eigenvalue weighted by atomic mass is 15.2. The first-order chi connectivity index (χ1) is 8.29. The van der Waals surface area contributed by atoms with Crippen molar-refractivity contribution in [1.29, 1.82) is 0 Å². The van der Waals surface area contributed by atoms with Gasteiger partial charge in [-0.05, 0) is 44.2 Å². The summed E-state index contributed by atoms with van der Waals surface area (Å²) in [7, 11) is 0. The highest BCUT2D eigenvalue weighted by Crippen LogP contribution is 2.39. The van der Waals surface area contributed by atoms with Crippen LogP contribution in [0, 0.1) is 5.41 Å². The molecule has 0 aromatic heterocycles. The Morgan fingerprint density at radius 1 is 1.06 bits per heavy atom. The first-order valence-electron chi connectivity index (χ1n) is 7.74. The van der Waals surface area contributed by atoms with E-state index in [1.165, 1.54) is 70.9 Å². The fraction of sp³-hybridized carbons (Fsp3) is 1.00. The number of nitrogens with zero attached hydrogens (tertiary/aromatic N) is 1. The standard InChI is InChI=1S/C15H30N2/c1-2-17(14-8-4-3-5-9-14)13-15(12-16)10-6-7-11-15/h14H,2-13,16H2,1H3. The van der Waals surface area contributed by atoms with Crippen LogP contribution in [-0.2, 0) is 0 Å². The SMILES string of the molecule is CCN(CC1(CN)CCCC1)C1CCCCC1. The molecular formula is C15H30N2. The molecule has 0 saturated heterocycles. The van der Waals surface area contributed by atoms with E-state index in [1.807, 2.05) is 0 Å². The molecule has 100 valence electrons. The van der Waals surface area contributed by atoms with E-state index in [-0.39, 0.29) is 0 Å². The molecule has 2 aliphatic rings. The Bertz CT molecular complexity index is 215. The van der Waals surface area contributed by atoms with Crippen LogP contribution in [0.15, 0.2) is 0 Å². The van der Waals surface area contributed by atoms with Gasteiger partial charge in [0, 0.05) is 12.6 Å². The minimum Gasteiger partial charge on any atom is -0.330 e. The van der Waals surface area contributed by atoms with Gasteiger partial charge in [0.15, 0.2) is 0 Å². The van der Waals surface area contributed by atoms with E-state index in [4.69, 9.17) is 5.73 Å². The van der Waals surface area contributed by atoms with E-state index in [2.05, 4.69) is 11.8 Å². The maximum Gasteiger partial charge on any atom is 0.00953 e. The maximum absolute atomic E-state index is 6.07. The van der Waals surface area contributed by atoms with E-state index >= 15 is 0 Å². The monoisotopic (exact) mass is 238 g/mol. The third-order valence-corrected chi connectivity index (χ3v) is 5.13. The van der Waals surface area contributed by atoms with Gasteiger partial charge in [0.05, 0.1) is 0 Å². The first kappa shape index (κ1) is 13.4. The third kappa shape index (κ3) is 3.23. The summed E-state index contributed by atoms with van der Waals surface area (Å²) in [5, 5.41) is 0. The Morgan fingerprint density at radius 2 is 1.71 bits per heavy atom. The Hall–Kier alpha value is -0.0800. The first-order valence-corrected chi connectivity index (χ1v) is 7.74. The third-order valence-electron chi connectivity index (χ3n) is 5.13. The molecule has 0 bridgehead atoms. The van der Waals surface area contributed by atoms with Crippen LogP contribution >= 0.6 is 0 Å². The molecule has 2 N–H and O–H groups in total. The fourth-order valence-electron chi connectivity index (χ4n) is 3.93. The Labute approximate surface area is 107 Å². The fourth-order valence-corrected chi connectivity index (χ4v) is 3.93. The van der Waals surface area contributed by atoms with Crippen molar-refractivity contribution in [1.82, 2.24) is 4.90 Å². The molecule has 17 heavy (non-hydrogen) atoms. The lowest BCUT2D eigenvalue weighted by Crippen LogP contribution is -2.46. The van der Waals surface area contributed by atoms with Crippen LogP contribution in [0.4, 0.5) is 0 Å². The summed E-state index contributed by atoms with van der Waals surface area (Å²) in [5.74, 6) is 0. The van der Waals surface area contributed by atoms with Crippen LogP contribution in [0.1, 0.15) is 64.7 Å². The molecule has 0 unspecified atom stereocenters. The molecule has 0 spiro atoms. The van der Waals surface area contributed by atoms with Crippen LogP contribution in [0.2, 0.25) is 0 Å². The molecule has 0 aliphatic heterocycles. The summed E-state index contributed by atoms with van der Waals surface area (Å²) in [6.07, 6.45) is 12.7. The average Bonchev–Trinajstić information content (AvgIpc) is 2.86. The molecule has 2 saturated carbocycles. The summed E-state index contributed by atoms with van der Waals surface area (Å²) in [6.45, 7) is 5.71. The molecule has 0 aromatic carbocycles. The van der Waals surface area contributed by atoms with Crippen LogP contribution in [0.3, 0.4) is 0 Å². The number of hydrogen-bond donors (Lipinski definition) is 1. The quantitative estimate of drug-likeness (QED) is 0.797. The lowest BCUT2D eigenvalue weighted by atomic mass is 9.84. The van der Waals surface area contributed by atoms with Gasteiger partial charge in [-0.3, -0.25) is 0 Å². The highest BCUT2D eigenvalue weighted by Gasteiger charge is 2.35. The summed E-state index contributed by atoms with van der Waals surface area (Å²) in [5.41, 5.74) is 6.54. The molecule has 0 atom stereocenters. The second kappa shape index (κ2) is 6.19. The summed E-state index contributed by atoms with van der Waals surface area (Å²) >= 11 is 0. The lowest BCUT2D eigenvalue weighted by Gasteiger charge is -2.40. The second-order valence-electron chi connectivity index (χ2n) is 6.27. The van der Waals surface area contributed by atoms with Crippen LogP contribution in [0.5, 0.6) is 0 Å². The molecule has 0 heterocycles. The van der Waals surface area contributed by atoms with E-state index in [0.29, 0.717) is 5.41 Å². The predicted molar refractivity (Wildman–Crippen MR) is 74.1 cm³/mol. The van der Waals surface area contributed by atoms with Gasteiger partial charge in [-0.1, -0.05) is 39.0 Å². The van der Waals surface area contributed by atoms with Crippen molar-refractivity contribution in [2.24, 2.45) is 11.1 Å². The van der Waals surface area contributed by atoms with E-state index in [9.17, 15) is 0 Å². The number of hydrogen-bond acceptors (Lipinski definition) is 2. The zero-order valence-corrected chi connectivity index (χ0v) is 11.6. The summed E-state index contributed by atoms with van der Waals surface area (Å²) < 4.78 is 0. The van der Waals surface area contributed by atoms with Gasteiger partial charge in [-0.2, -0.15) is 0 Å². The average molecular weight is 238 g/mol. The van der Waals surface area contributed by atoms with Gasteiger partial charge in [-0.15, -0.1) is 0 Å². The van der Waals surface area contributed by atoms with Crippen molar-refractivity contribution in [3.63, 3.8) is 0 Å².